The predicted molar refractivity (Wildman–Crippen MR) is 122 cm³/mol. The van der Waals surface area contributed by atoms with Gasteiger partial charge in [0.25, 0.3) is 0 Å². The Bertz CT molecular complexity index is 1000. The second-order valence-corrected chi connectivity index (χ2v) is 8.55. The van der Waals surface area contributed by atoms with Crippen molar-refractivity contribution >= 4 is 35.0 Å². The molecule has 3 heterocycles. The van der Waals surface area contributed by atoms with Crippen molar-refractivity contribution in [2.75, 3.05) is 48.9 Å². The summed E-state index contributed by atoms with van der Waals surface area (Å²) in [5.74, 6) is 1.06. The van der Waals surface area contributed by atoms with Crippen LogP contribution in [0.15, 0.2) is 18.2 Å². The van der Waals surface area contributed by atoms with Crippen molar-refractivity contribution in [1.29, 1.82) is 0 Å². The van der Waals surface area contributed by atoms with Gasteiger partial charge in [0.05, 0.1) is 31.5 Å². The molecule has 32 heavy (non-hydrogen) atoms. The van der Waals surface area contributed by atoms with Crippen molar-refractivity contribution in [2.24, 2.45) is 0 Å². The van der Waals surface area contributed by atoms with E-state index in [0.29, 0.717) is 30.5 Å². The molecule has 1 saturated heterocycles. The Kier molecular flexibility index (Phi) is 6.30. The number of anilines is 3. The van der Waals surface area contributed by atoms with Gasteiger partial charge >= 0.3 is 5.97 Å². The van der Waals surface area contributed by atoms with Gasteiger partial charge in [-0.1, -0.05) is 11.6 Å². The zero-order valence-corrected chi connectivity index (χ0v) is 19.2. The van der Waals surface area contributed by atoms with Crippen LogP contribution in [0.25, 0.3) is 0 Å². The van der Waals surface area contributed by atoms with Crippen molar-refractivity contribution < 1.29 is 19.0 Å². The molecule has 9 nitrogen and oxygen atoms in total. The van der Waals surface area contributed by atoms with E-state index in [1.807, 2.05) is 25.1 Å². The first-order valence-corrected chi connectivity index (χ1v) is 11.1. The van der Waals surface area contributed by atoms with E-state index in [1.165, 1.54) is 0 Å². The molecule has 0 saturated carbocycles. The number of benzene rings is 1. The fourth-order valence-corrected chi connectivity index (χ4v) is 4.31. The molecule has 2 aromatic rings. The SMILES string of the molecule is CCOC(=O)[C@]1(C)CNc2cc(Cl)c([C@H]3COCCCN3c3cc(C)nc(N)n3)cc2O1. The van der Waals surface area contributed by atoms with Crippen molar-refractivity contribution in [3.63, 3.8) is 0 Å². The van der Waals surface area contributed by atoms with Crippen LogP contribution < -0.4 is 20.7 Å². The number of nitrogens with one attached hydrogen (secondary N) is 1. The maximum Gasteiger partial charge on any atom is 0.352 e. The first-order valence-electron chi connectivity index (χ1n) is 10.7. The number of carbonyl (C=O) groups is 1. The molecule has 2 aliphatic heterocycles. The van der Waals surface area contributed by atoms with Gasteiger partial charge in [-0.3, -0.25) is 0 Å². The first kappa shape index (κ1) is 22.4. The summed E-state index contributed by atoms with van der Waals surface area (Å²) in [4.78, 5) is 23.2. The van der Waals surface area contributed by atoms with Gasteiger partial charge in [-0.05, 0) is 44.9 Å². The van der Waals surface area contributed by atoms with Gasteiger partial charge in [0.15, 0.2) is 0 Å². The van der Waals surface area contributed by atoms with Crippen molar-refractivity contribution in [1.82, 2.24) is 9.97 Å². The quantitative estimate of drug-likeness (QED) is 0.663. The molecule has 3 N–H and O–H groups in total. The summed E-state index contributed by atoms with van der Waals surface area (Å²) in [6.45, 7) is 7.70. The van der Waals surface area contributed by atoms with E-state index >= 15 is 0 Å². The Hall–Kier alpha value is -2.78. The van der Waals surface area contributed by atoms with E-state index in [1.54, 1.807) is 13.8 Å². The van der Waals surface area contributed by atoms with Crippen LogP contribution in [0, 0.1) is 6.92 Å². The monoisotopic (exact) mass is 461 g/mol. The Balaban J connectivity index is 1.72. The fraction of sp³-hybridized carbons (Fsp3) is 0.500. The summed E-state index contributed by atoms with van der Waals surface area (Å²) < 4.78 is 17.2. The maximum absolute atomic E-state index is 12.5. The summed E-state index contributed by atoms with van der Waals surface area (Å²) in [5, 5.41) is 3.81. The maximum atomic E-state index is 12.5. The summed E-state index contributed by atoms with van der Waals surface area (Å²) >= 11 is 6.72. The zero-order chi connectivity index (χ0) is 22.9. The van der Waals surface area contributed by atoms with E-state index in [0.717, 1.165) is 29.2 Å². The molecule has 1 fully saturated rings. The number of fused-ring (bicyclic) bond motifs is 1. The van der Waals surface area contributed by atoms with Gasteiger partial charge in [-0.2, -0.15) is 4.98 Å². The highest BCUT2D eigenvalue weighted by Crippen LogP contribution is 2.42. The summed E-state index contributed by atoms with van der Waals surface area (Å²) in [6, 6.07) is 5.37. The third kappa shape index (κ3) is 4.40. The minimum atomic E-state index is -1.13. The Morgan fingerprint density at radius 1 is 1.41 bits per heavy atom. The van der Waals surface area contributed by atoms with Gasteiger partial charge in [0.2, 0.25) is 11.5 Å². The van der Waals surface area contributed by atoms with Crippen LogP contribution >= 0.6 is 11.6 Å². The smallest absolute Gasteiger partial charge is 0.352 e. The average molecular weight is 462 g/mol. The molecule has 0 unspecified atom stereocenters. The van der Waals surface area contributed by atoms with Crippen molar-refractivity contribution in [3.8, 4) is 5.75 Å². The molecule has 0 spiro atoms. The normalized spacial score (nSPS) is 22.9. The van der Waals surface area contributed by atoms with Gasteiger partial charge in [-0.15, -0.1) is 0 Å². The number of halogens is 1. The van der Waals surface area contributed by atoms with Crippen LogP contribution in [-0.2, 0) is 14.3 Å². The number of esters is 1. The minimum Gasteiger partial charge on any atom is -0.472 e. The lowest BCUT2D eigenvalue weighted by Crippen LogP contribution is -2.51. The number of hydrogen-bond acceptors (Lipinski definition) is 9. The van der Waals surface area contributed by atoms with E-state index in [-0.39, 0.29) is 25.1 Å². The summed E-state index contributed by atoms with van der Waals surface area (Å²) in [5.41, 5.74) is 7.11. The van der Waals surface area contributed by atoms with Gasteiger partial charge < -0.3 is 30.2 Å². The van der Waals surface area contributed by atoms with Gasteiger partial charge in [0.1, 0.15) is 11.6 Å². The number of aryl methyl sites for hydroxylation is 1. The van der Waals surface area contributed by atoms with Crippen LogP contribution in [-0.4, -0.2) is 54.4 Å². The van der Waals surface area contributed by atoms with Crippen LogP contribution in [0.1, 0.15) is 37.6 Å². The lowest BCUT2D eigenvalue weighted by atomic mass is 10.0. The van der Waals surface area contributed by atoms with E-state index in [4.69, 9.17) is 31.5 Å². The zero-order valence-electron chi connectivity index (χ0n) is 18.5. The lowest BCUT2D eigenvalue weighted by molar-refractivity contribution is -0.159. The second-order valence-electron chi connectivity index (χ2n) is 8.14. The third-order valence-electron chi connectivity index (χ3n) is 5.61. The van der Waals surface area contributed by atoms with E-state index < -0.39 is 11.6 Å². The van der Waals surface area contributed by atoms with Crippen molar-refractivity contribution in [3.05, 3.63) is 34.5 Å². The summed E-state index contributed by atoms with van der Waals surface area (Å²) in [7, 11) is 0. The van der Waals surface area contributed by atoms with Crippen LogP contribution in [0.3, 0.4) is 0 Å². The number of nitrogen functional groups attached to an aromatic ring is 1. The topological polar surface area (TPSA) is 112 Å². The Morgan fingerprint density at radius 3 is 2.97 bits per heavy atom. The minimum absolute atomic E-state index is 0.219. The molecule has 0 aliphatic carbocycles. The number of hydrogen-bond donors (Lipinski definition) is 2. The lowest BCUT2D eigenvalue weighted by Gasteiger charge is -2.36. The molecule has 0 bridgehead atoms. The molecule has 1 aromatic heterocycles. The highest BCUT2D eigenvalue weighted by molar-refractivity contribution is 6.31. The Morgan fingerprint density at radius 2 is 2.22 bits per heavy atom. The van der Waals surface area contributed by atoms with E-state index in [9.17, 15) is 4.79 Å². The molecule has 0 amide bonds. The highest BCUT2D eigenvalue weighted by Gasteiger charge is 2.41. The third-order valence-corrected chi connectivity index (χ3v) is 5.94. The predicted octanol–water partition coefficient (Wildman–Crippen LogP) is 3.11. The number of ether oxygens (including phenoxy) is 3. The number of nitrogens with zero attached hydrogens (tertiary/aromatic N) is 3. The molecular formula is C22H28ClN5O4. The molecule has 0 radical (unpaired) electrons. The number of carbonyl (C=O) groups excluding carboxylic acids is 1. The number of aromatic nitrogens is 2. The van der Waals surface area contributed by atoms with Crippen LogP contribution in [0.2, 0.25) is 5.02 Å². The summed E-state index contributed by atoms with van der Waals surface area (Å²) in [6.07, 6.45) is 0.834. The Labute approximate surface area is 192 Å². The average Bonchev–Trinajstić information content (AvgIpc) is 2.99. The number of nitrogens with two attached hydrogens (primary N) is 1. The van der Waals surface area contributed by atoms with Gasteiger partial charge in [0, 0.05) is 29.9 Å². The first-order chi connectivity index (χ1) is 15.3. The van der Waals surface area contributed by atoms with Crippen molar-refractivity contribution in [2.45, 2.75) is 38.8 Å². The molecule has 2 atom stereocenters. The second kappa shape index (κ2) is 8.99. The van der Waals surface area contributed by atoms with E-state index in [2.05, 4.69) is 20.2 Å². The van der Waals surface area contributed by atoms with Crippen LogP contribution in [0.5, 0.6) is 5.75 Å². The number of rotatable bonds is 4. The van der Waals surface area contributed by atoms with Gasteiger partial charge in [-0.25, -0.2) is 9.78 Å². The molecule has 1 aromatic carbocycles. The van der Waals surface area contributed by atoms with Crippen LogP contribution in [0.4, 0.5) is 17.5 Å². The molecule has 2 aliphatic rings. The molecular weight excluding hydrogens is 434 g/mol. The molecule has 10 heteroatoms. The highest BCUT2D eigenvalue weighted by atomic mass is 35.5. The standard InChI is InChI=1S/C22H28ClN5O4/c1-4-31-20(29)22(3)12-25-16-10-15(23)14(9-18(16)32-22)17-11-30-7-5-6-28(17)19-8-13(2)26-21(24)27-19/h8-10,17,25H,4-7,11-12H2,1-3H3,(H2,24,26,27)/t17-,22+/m1/s1. The molecule has 4 rings (SSSR count). The fourth-order valence-electron chi connectivity index (χ4n) is 4.02. The molecule has 172 valence electrons. The largest absolute Gasteiger partial charge is 0.472 e.